The molecule has 0 spiro atoms. The summed E-state index contributed by atoms with van der Waals surface area (Å²) in [6.07, 6.45) is 3.21. The van der Waals surface area contributed by atoms with Crippen molar-refractivity contribution in [2.24, 2.45) is 0 Å². The topological polar surface area (TPSA) is 73.8 Å². The Kier molecular flexibility index (Phi) is 3.48. The lowest BCUT2D eigenvalue weighted by molar-refractivity contribution is -0.384. The third-order valence-electron chi connectivity index (χ3n) is 3.06. The van der Waals surface area contributed by atoms with Crippen LogP contribution in [0, 0.1) is 10.1 Å². The van der Waals surface area contributed by atoms with Gasteiger partial charge in [-0.05, 0) is 12.1 Å². The molecule has 0 saturated heterocycles. The molecule has 0 radical (unpaired) electrons. The van der Waals surface area contributed by atoms with E-state index in [1.54, 1.807) is 29.2 Å². The van der Waals surface area contributed by atoms with Crippen molar-refractivity contribution in [3.8, 4) is 0 Å². The Balaban J connectivity index is 2.04. The van der Waals surface area contributed by atoms with Gasteiger partial charge in [0.05, 0.1) is 28.2 Å². The van der Waals surface area contributed by atoms with Crippen LogP contribution in [0.4, 0.5) is 5.69 Å². The molecule has 0 saturated carbocycles. The molecular formula is C13H8Cl2N4O2. The first-order valence-corrected chi connectivity index (χ1v) is 6.70. The standard InChI is InChI=1S/C13H8Cl2N4O2/c14-11-4-13(15)16-5-9(11)7-18-12-3-10(19(20)21)2-1-8(12)6-17-18/h1-6H,7H2. The van der Waals surface area contributed by atoms with Gasteiger partial charge in [0, 0.05) is 29.3 Å². The quantitative estimate of drug-likeness (QED) is 0.418. The Labute approximate surface area is 129 Å². The molecule has 2 aromatic heterocycles. The van der Waals surface area contributed by atoms with Crippen LogP contribution in [0.5, 0.6) is 0 Å². The van der Waals surface area contributed by atoms with E-state index in [1.165, 1.54) is 12.1 Å². The molecule has 0 aliphatic heterocycles. The first-order chi connectivity index (χ1) is 10.0. The largest absolute Gasteiger partial charge is 0.271 e. The molecule has 0 N–H and O–H groups in total. The summed E-state index contributed by atoms with van der Waals surface area (Å²) < 4.78 is 1.64. The van der Waals surface area contributed by atoms with Crippen molar-refractivity contribution < 1.29 is 4.92 Å². The lowest BCUT2D eigenvalue weighted by Crippen LogP contribution is -2.03. The average Bonchev–Trinajstić information content (AvgIpc) is 2.84. The van der Waals surface area contributed by atoms with E-state index in [1.807, 2.05) is 0 Å². The van der Waals surface area contributed by atoms with E-state index in [4.69, 9.17) is 23.2 Å². The Hall–Kier alpha value is -2.18. The molecule has 0 aliphatic rings. The van der Waals surface area contributed by atoms with Crippen LogP contribution in [0.3, 0.4) is 0 Å². The minimum atomic E-state index is -0.437. The second-order valence-electron chi connectivity index (χ2n) is 4.40. The number of hydrogen-bond acceptors (Lipinski definition) is 4. The Morgan fingerprint density at radius 1 is 1.24 bits per heavy atom. The maximum atomic E-state index is 10.9. The number of rotatable bonds is 3. The highest BCUT2D eigenvalue weighted by Gasteiger charge is 2.11. The lowest BCUT2D eigenvalue weighted by atomic mass is 10.2. The lowest BCUT2D eigenvalue weighted by Gasteiger charge is -2.06. The number of hydrogen-bond donors (Lipinski definition) is 0. The Morgan fingerprint density at radius 2 is 2.05 bits per heavy atom. The molecule has 1 aromatic carbocycles. The van der Waals surface area contributed by atoms with Crippen LogP contribution in [0.15, 0.2) is 36.7 Å². The smallest absolute Gasteiger partial charge is 0.260 e. The molecule has 0 fully saturated rings. The number of nitrogens with zero attached hydrogens (tertiary/aromatic N) is 4. The van der Waals surface area contributed by atoms with Gasteiger partial charge in [-0.15, -0.1) is 0 Å². The number of pyridine rings is 1. The van der Waals surface area contributed by atoms with Crippen LogP contribution < -0.4 is 0 Å². The molecule has 0 aliphatic carbocycles. The summed E-state index contributed by atoms with van der Waals surface area (Å²) >= 11 is 11.9. The van der Waals surface area contributed by atoms with Crippen LogP contribution in [0.25, 0.3) is 10.9 Å². The van der Waals surface area contributed by atoms with Gasteiger partial charge < -0.3 is 0 Å². The summed E-state index contributed by atoms with van der Waals surface area (Å²) in [5.41, 5.74) is 1.41. The van der Waals surface area contributed by atoms with Gasteiger partial charge in [0.15, 0.2) is 0 Å². The fraction of sp³-hybridized carbons (Fsp3) is 0.0769. The summed E-state index contributed by atoms with van der Waals surface area (Å²) in [6.45, 7) is 0.355. The number of halogens is 2. The zero-order valence-corrected chi connectivity index (χ0v) is 12.0. The van der Waals surface area contributed by atoms with Crippen LogP contribution in [0.2, 0.25) is 10.2 Å². The molecule has 6 nitrogen and oxygen atoms in total. The van der Waals surface area contributed by atoms with Gasteiger partial charge >= 0.3 is 0 Å². The number of nitro benzene ring substituents is 1. The molecule has 106 valence electrons. The molecule has 0 amide bonds. The Bertz CT molecular complexity index is 847. The van der Waals surface area contributed by atoms with E-state index in [9.17, 15) is 10.1 Å². The highest BCUT2D eigenvalue weighted by Crippen LogP contribution is 2.24. The minimum Gasteiger partial charge on any atom is -0.260 e. The zero-order valence-electron chi connectivity index (χ0n) is 10.5. The van der Waals surface area contributed by atoms with Crippen molar-refractivity contribution in [3.05, 3.63) is 62.5 Å². The molecule has 8 heteroatoms. The first-order valence-electron chi connectivity index (χ1n) is 5.94. The van der Waals surface area contributed by atoms with Gasteiger partial charge in [-0.3, -0.25) is 14.8 Å². The van der Waals surface area contributed by atoms with Gasteiger partial charge in [-0.2, -0.15) is 5.10 Å². The minimum absolute atomic E-state index is 0.0181. The molecule has 0 unspecified atom stereocenters. The molecule has 0 bridgehead atoms. The van der Waals surface area contributed by atoms with Crippen LogP contribution in [-0.4, -0.2) is 19.7 Å². The summed E-state index contributed by atoms with van der Waals surface area (Å²) in [4.78, 5) is 14.4. The third-order valence-corrected chi connectivity index (χ3v) is 3.61. The van der Waals surface area contributed by atoms with E-state index >= 15 is 0 Å². The number of aromatic nitrogens is 3. The molecule has 21 heavy (non-hydrogen) atoms. The van der Waals surface area contributed by atoms with E-state index in [-0.39, 0.29) is 5.69 Å². The normalized spacial score (nSPS) is 11.0. The van der Waals surface area contributed by atoms with Gasteiger partial charge in [-0.1, -0.05) is 23.2 Å². The predicted molar refractivity (Wildman–Crippen MR) is 79.7 cm³/mol. The van der Waals surface area contributed by atoms with Crippen molar-refractivity contribution in [1.29, 1.82) is 0 Å². The van der Waals surface area contributed by atoms with Gasteiger partial charge in [0.2, 0.25) is 0 Å². The number of benzene rings is 1. The highest BCUT2D eigenvalue weighted by atomic mass is 35.5. The molecular weight excluding hydrogens is 315 g/mol. The van der Waals surface area contributed by atoms with Crippen LogP contribution >= 0.6 is 23.2 Å². The van der Waals surface area contributed by atoms with E-state index < -0.39 is 4.92 Å². The summed E-state index contributed by atoms with van der Waals surface area (Å²) in [5.74, 6) is 0. The maximum Gasteiger partial charge on any atom is 0.271 e. The summed E-state index contributed by atoms with van der Waals surface area (Å²) in [6, 6.07) is 6.15. The SMILES string of the molecule is O=[N+]([O-])c1ccc2cnn(Cc3cnc(Cl)cc3Cl)c2c1. The Morgan fingerprint density at radius 3 is 2.76 bits per heavy atom. The fourth-order valence-electron chi connectivity index (χ4n) is 2.01. The average molecular weight is 323 g/mol. The fourth-order valence-corrected chi connectivity index (χ4v) is 2.44. The number of nitro groups is 1. The molecule has 3 rings (SSSR count). The second kappa shape index (κ2) is 5.31. The van der Waals surface area contributed by atoms with Gasteiger partial charge in [0.25, 0.3) is 5.69 Å². The van der Waals surface area contributed by atoms with Crippen molar-refractivity contribution >= 4 is 39.8 Å². The third kappa shape index (κ3) is 2.68. The van der Waals surface area contributed by atoms with E-state index in [0.717, 1.165) is 10.9 Å². The molecule has 2 heterocycles. The predicted octanol–water partition coefficient (Wildman–Crippen LogP) is 3.69. The van der Waals surface area contributed by atoms with Crippen molar-refractivity contribution in [3.63, 3.8) is 0 Å². The second-order valence-corrected chi connectivity index (χ2v) is 5.20. The molecule has 0 atom stereocenters. The van der Waals surface area contributed by atoms with Crippen molar-refractivity contribution in [1.82, 2.24) is 14.8 Å². The van der Waals surface area contributed by atoms with E-state index in [2.05, 4.69) is 10.1 Å². The number of non-ortho nitro benzene ring substituents is 1. The summed E-state index contributed by atoms with van der Waals surface area (Å²) in [7, 11) is 0. The monoisotopic (exact) mass is 322 g/mol. The maximum absolute atomic E-state index is 10.9. The van der Waals surface area contributed by atoms with Gasteiger partial charge in [0.1, 0.15) is 5.15 Å². The van der Waals surface area contributed by atoms with Crippen LogP contribution in [0.1, 0.15) is 5.56 Å². The van der Waals surface area contributed by atoms with E-state index in [0.29, 0.717) is 22.2 Å². The van der Waals surface area contributed by atoms with Crippen molar-refractivity contribution in [2.75, 3.05) is 0 Å². The number of fused-ring (bicyclic) bond motifs is 1. The zero-order chi connectivity index (χ0) is 15.0. The van der Waals surface area contributed by atoms with Crippen molar-refractivity contribution in [2.45, 2.75) is 6.54 Å². The first kappa shape index (κ1) is 13.8. The molecule has 3 aromatic rings. The van der Waals surface area contributed by atoms with Crippen LogP contribution in [-0.2, 0) is 6.54 Å². The van der Waals surface area contributed by atoms with Gasteiger partial charge in [-0.25, -0.2) is 4.98 Å². The summed E-state index contributed by atoms with van der Waals surface area (Å²) in [5, 5.41) is 16.7. The highest BCUT2D eigenvalue weighted by molar-refractivity contribution is 6.34.